The lowest BCUT2D eigenvalue weighted by atomic mass is 10.2. The molecule has 25 heavy (non-hydrogen) atoms. The second-order valence-corrected chi connectivity index (χ2v) is 7.37. The quantitative estimate of drug-likeness (QED) is 0.884. The largest absolute Gasteiger partial charge is 0.497 e. The molecule has 0 saturated carbocycles. The number of methoxy groups -OCH3 is 2. The van der Waals surface area contributed by atoms with Gasteiger partial charge in [0.15, 0.2) is 0 Å². The van der Waals surface area contributed by atoms with E-state index in [0.717, 1.165) is 12.2 Å². The van der Waals surface area contributed by atoms with Crippen LogP contribution in [0, 0.1) is 0 Å². The summed E-state index contributed by atoms with van der Waals surface area (Å²) in [5.74, 6) is 1.20. The van der Waals surface area contributed by atoms with Gasteiger partial charge in [-0.15, -0.1) is 11.8 Å². The van der Waals surface area contributed by atoms with Gasteiger partial charge < -0.3 is 19.7 Å². The van der Waals surface area contributed by atoms with E-state index in [1.807, 2.05) is 23.9 Å². The van der Waals surface area contributed by atoms with E-state index in [-0.39, 0.29) is 5.91 Å². The maximum atomic E-state index is 12.6. The minimum Gasteiger partial charge on any atom is -0.497 e. The molecule has 132 valence electrons. The van der Waals surface area contributed by atoms with Crippen molar-refractivity contribution >= 4 is 29.0 Å². The Morgan fingerprint density at radius 1 is 1.24 bits per heavy atom. The number of nitrogens with zero attached hydrogens (tertiary/aromatic N) is 1. The molecular weight excluding hydrogens is 336 g/mol. The van der Waals surface area contributed by atoms with E-state index >= 15 is 0 Å². The summed E-state index contributed by atoms with van der Waals surface area (Å²) in [6.07, 6.45) is 0. The van der Waals surface area contributed by atoms with Crippen molar-refractivity contribution in [3.05, 3.63) is 42.5 Å². The average molecular weight is 358 g/mol. The standard InChI is InChI=1S/C19H22N2O3S/c1-13-11-21(16-6-4-5-7-18(16)25-13)12-19(22)20-15-10-14(23-2)8-9-17(15)24-3/h4-10,13H,11-12H2,1-3H3,(H,20,22)/t13-/m1/s1. The predicted molar refractivity (Wildman–Crippen MR) is 102 cm³/mol. The van der Waals surface area contributed by atoms with Crippen LogP contribution in [0.1, 0.15) is 6.92 Å². The molecule has 1 N–H and O–H groups in total. The third-order valence-corrected chi connectivity index (χ3v) is 5.18. The van der Waals surface area contributed by atoms with Crippen molar-refractivity contribution in [2.24, 2.45) is 0 Å². The Morgan fingerprint density at radius 3 is 2.80 bits per heavy atom. The van der Waals surface area contributed by atoms with Gasteiger partial charge in [-0.05, 0) is 24.3 Å². The van der Waals surface area contributed by atoms with Crippen molar-refractivity contribution in [1.29, 1.82) is 0 Å². The summed E-state index contributed by atoms with van der Waals surface area (Å²) in [5.41, 5.74) is 1.72. The fraction of sp³-hybridized carbons (Fsp3) is 0.316. The van der Waals surface area contributed by atoms with Gasteiger partial charge in [0, 0.05) is 22.8 Å². The fourth-order valence-electron chi connectivity index (χ4n) is 2.91. The average Bonchev–Trinajstić information content (AvgIpc) is 2.61. The van der Waals surface area contributed by atoms with Gasteiger partial charge in [0.1, 0.15) is 11.5 Å². The first-order chi connectivity index (χ1) is 12.1. The number of anilines is 2. The molecule has 0 unspecified atom stereocenters. The predicted octanol–water partition coefficient (Wildman–Crippen LogP) is 3.64. The zero-order chi connectivity index (χ0) is 17.8. The van der Waals surface area contributed by atoms with Gasteiger partial charge in [0.2, 0.25) is 5.91 Å². The third-order valence-electron chi connectivity index (χ3n) is 4.03. The minimum atomic E-state index is -0.0829. The van der Waals surface area contributed by atoms with Crippen molar-refractivity contribution in [3.8, 4) is 11.5 Å². The Labute approximate surface area is 152 Å². The van der Waals surface area contributed by atoms with Crippen LogP contribution in [0.5, 0.6) is 11.5 Å². The lowest BCUT2D eigenvalue weighted by Crippen LogP contribution is -2.39. The van der Waals surface area contributed by atoms with E-state index in [1.54, 1.807) is 32.4 Å². The Morgan fingerprint density at radius 2 is 2.04 bits per heavy atom. The number of ether oxygens (including phenoxy) is 2. The van der Waals surface area contributed by atoms with E-state index < -0.39 is 0 Å². The molecule has 6 heteroatoms. The number of fused-ring (bicyclic) bond motifs is 1. The van der Waals surface area contributed by atoms with E-state index in [2.05, 4.69) is 29.3 Å². The molecule has 0 saturated heterocycles. The van der Waals surface area contributed by atoms with Crippen molar-refractivity contribution in [1.82, 2.24) is 0 Å². The molecule has 1 amide bonds. The number of para-hydroxylation sites is 1. The van der Waals surface area contributed by atoms with Gasteiger partial charge in [0.05, 0.1) is 32.1 Å². The highest BCUT2D eigenvalue weighted by atomic mass is 32.2. The molecule has 1 aliphatic heterocycles. The van der Waals surface area contributed by atoms with Crippen LogP contribution in [0.15, 0.2) is 47.4 Å². The van der Waals surface area contributed by atoms with Crippen molar-refractivity contribution in [2.45, 2.75) is 17.1 Å². The number of rotatable bonds is 5. The van der Waals surface area contributed by atoms with E-state index in [0.29, 0.717) is 29.0 Å². The summed E-state index contributed by atoms with van der Waals surface area (Å²) in [6.45, 7) is 3.31. The Hall–Kier alpha value is -2.34. The number of hydrogen-bond donors (Lipinski definition) is 1. The van der Waals surface area contributed by atoms with Crippen LogP contribution in [0.3, 0.4) is 0 Å². The van der Waals surface area contributed by atoms with Crippen molar-refractivity contribution < 1.29 is 14.3 Å². The van der Waals surface area contributed by atoms with E-state index in [1.165, 1.54) is 4.90 Å². The zero-order valence-corrected chi connectivity index (χ0v) is 15.4. The molecule has 1 aliphatic rings. The number of amides is 1. The minimum absolute atomic E-state index is 0.0829. The van der Waals surface area contributed by atoms with Gasteiger partial charge in [-0.3, -0.25) is 4.79 Å². The molecule has 2 aromatic rings. The molecule has 0 fully saturated rings. The van der Waals surface area contributed by atoms with E-state index in [4.69, 9.17) is 9.47 Å². The summed E-state index contributed by atoms with van der Waals surface area (Å²) in [4.78, 5) is 15.9. The van der Waals surface area contributed by atoms with Crippen LogP contribution in [0.4, 0.5) is 11.4 Å². The van der Waals surface area contributed by atoms with Crippen LogP contribution in [0.2, 0.25) is 0 Å². The molecule has 1 atom stereocenters. The molecule has 3 rings (SSSR count). The maximum absolute atomic E-state index is 12.6. The first-order valence-electron chi connectivity index (χ1n) is 8.13. The molecule has 0 aromatic heterocycles. The highest BCUT2D eigenvalue weighted by Crippen LogP contribution is 2.38. The number of carbonyl (C=O) groups excluding carboxylic acids is 1. The van der Waals surface area contributed by atoms with Crippen molar-refractivity contribution in [3.63, 3.8) is 0 Å². The summed E-state index contributed by atoms with van der Waals surface area (Å²) in [7, 11) is 3.17. The van der Waals surface area contributed by atoms with Crippen LogP contribution in [-0.2, 0) is 4.79 Å². The summed E-state index contributed by atoms with van der Waals surface area (Å²) in [5, 5.41) is 3.38. The van der Waals surface area contributed by atoms with Gasteiger partial charge in [-0.25, -0.2) is 0 Å². The van der Waals surface area contributed by atoms with Gasteiger partial charge in [-0.2, -0.15) is 0 Å². The van der Waals surface area contributed by atoms with Crippen LogP contribution in [0.25, 0.3) is 0 Å². The van der Waals surface area contributed by atoms with Gasteiger partial charge >= 0.3 is 0 Å². The molecule has 0 spiro atoms. The van der Waals surface area contributed by atoms with Crippen LogP contribution < -0.4 is 19.7 Å². The topological polar surface area (TPSA) is 50.8 Å². The summed E-state index contributed by atoms with van der Waals surface area (Å²) in [6, 6.07) is 13.5. The fourth-order valence-corrected chi connectivity index (χ4v) is 4.07. The first-order valence-corrected chi connectivity index (χ1v) is 9.01. The third kappa shape index (κ3) is 4.02. The van der Waals surface area contributed by atoms with Crippen LogP contribution >= 0.6 is 11.8 Å². The second kappa shape index (κ2) is 7.70. The molecule has 0 aliphatic carbocycles. The SMILES string of the molecule is COc1ccc(OC)c(NC(=O)CN2C[C@@H](C)Sc3ccccc32)c1. The Balaban J connectivity index is 1.75. The first kappa shape index (κ1) is 17.5. The molecular formula is C19H22N2O3S. The maximum Gasteiger partial charge on any atom is 0.243 e. The van der Waals surface area contributed by atoms with Gasteiger partial charge in [-0.1, -0.05) is 19.1 Å². The number of benzene rings is 2. The molecule has 2 aromatic carbocycles. The molecule has 5 nitrogen and oxygen atoms in total. The zero-order valence-electron chi connectivity index (χ0n) is 14.6. The summed E-state index contributed by atoms with van der Waals surface area (Å²) >= 11 is 1.85. The number of carbonyl (C=O) groups is 1. The summed E-state index contributed by atoms with van der Waals surface area (Å²) < 4.78 is 10.5. The normalized spacial score (nSPS) is 16.1. The smallest absolute Gasteiger partial charge is 0.243 e. The van der Waals surface area contributed by atoms with Crippen molar-refractivity contribution in [2.75, 3.05) is 37.5 Å². The lowest BCUT2D eigenvalue weighted by Gasteiger charge is -2.33. The molecule has 0 bridgehead atoms. The number of thioether (sulfide) groups is 1. The Bertz CT molecular complexity index is 766. The lowest BCUT2D eigenvalue weighted by molar-refractivity contribution is -0.115. The highest BCUT2D eigenvalue weighted by Gasteiger charge is 2.24. The molecule has 1 heterocycles. The number of hydrogen-bond acceptors (Lipinski definition) is 5. The van der Waals surface area contributed by atoms with Gasteiger partial charge in [0.25, 0.3) is 0 Å². The Kier molecular flexibility index (Phi) is 5.38. The van der Waals surface area contributed by atoms with Crippen LogP contribution in [-0.4, -0.2) is 38.5 Å². The second-order valence-electron chi connectivity index (χ2n) is 5.89. The van der Waals surface area contributed by atoms with E-state index in [9.17, 15) is 4.79 Å². The number of nitrogens with one attached hydrogen (secondary N) is 1. The monoisotopic (exact) mass is 358 g/mol. The highest BCUT2D eigenvalue weighted by molar-refractivity contribution is 8.00. The molecule has 0 radical (unpaired) electrons.